The quantitative estimate of drug-likeness (QED) is 0.875. The highest BCUT2D eigenvalue weighted by molar-refractivity contribution is 5.74. The van der Waals surface area contributed by atoms with Gasteiger partial charge in [0, 0.05) is 18.0 Å². The van der Waals surface area contributed by atoms with Gasteiger partial charge in [-0.05, 0) is 43.4 Å². The Morgan fingerprint density at radius 1 is 1.14 bits per heavy atom. The van der Waals surface area contributed by atoms with Crippen molar-refractivity contribution in [1.29, 1.82) is 0 Å². The molecule has 2 aliphatic rings. The first-order chi connectivity index (χ1) is 10.2. The first kappa shape index (κ1) is 14.4. The van der Waals surface area contributed by atoms with Gasteiger partial charge in [0.05, 0.1) is 0 Å². The summed E-state index contributed by atoms with van der Waals surface area (Å²) in [6.45, 7) is 0.636. The topological polar surface area (TPSA) is 41.1 Å². The van der Waals surface area contributed by atoms with Gasteiger partial charge in [-0.15, -0.1) is 0 Å². The molecule has 0 spiro atoms. The van der Waals surface area contributed by atoms with Crippen molar-refractivity contribution in [2.75, 3.05) is 6.54 Å². The molecule has 4 heteroatoms. The molecule has 0 unspecified atom stereocenters. The van der Waals surface area contributed by atoms with Gasteiger partial charge >= 0.3 is 6.03 Å². The molecule has 0 bridgehead atoms. The zero-order valence-electron chi connectivity index (χ0n) is 12.3. The van der Waals surface area contributed by atoms with E-state index in [4.69, 9.17) is 0 Å². The van der Waals surface area contributed by atoms with E-state index in [1.165, 1.54) is 31.4 Å². The first-order valence-electron chi connectivity index (χ1n) is 7.98. The lowest BCUT2D eigenvalue weighted by molar-refractivity contribution is 0.231. The smallest absolute Gasteiger partial charge is 0.315 e. The fourth-order valence-electron chi connectivity index (χ4n) is 3.25. The third-order valence-electron chi connectivity index (χ3n) is 4.84. The van der Waals surface area contributed by atoms with Crippen LogP contribution in [0, 0.1) is 5.82 Å². The van der Waals surface area contributed by atoms with Crippen molar-refractivity contribution in [2.45, 2.75) is 56.4 Å². The van der Waals surface area contributed by atoms with Crippen LogP contribution in [-0.2, 0) is 5.41 Å². The summed E-state index contributed by atoms with van der Waals surface area (Å²) in [5.41, 5.74) is 1.15. The molecule has 2 N–H and O–H groups in total. The van der Waals surface area contributed by atoms with Gasteiger partial charge in [0.25, 0.3) is 0 Å². The molecule has 0 aromatic heterocycles. The second-order valence-electron chi connectivity index (χ2n) is 6.45. The van der Waals surface area contributed by atoms with Crippen molar-refractivity contribution < 1.29 is 9.18 Å². The minimum absolute atomic E-state index is 0.0254. The standard InChI is InChI=1S/C17H23FN2O/c18-14-8-6-13(7-9-14)17(10-11-17)12-19-16(21)20-15-4-2-1-3-5-15/h6-9,15H,1-5,10-12H2,(H2,19,20,21). The maximum absolute atomic E-state index is 13.0. The summed E-state index contributed by atoms with van der Waals surface area (Å²) in [4.78, 5) is 12.0. The number of amides is 2. The molecular formula is C17H23FN2O. The second kappa shape index (κ2) is 6.04. The Morgan fingerprint density at radius 3 is 2.43 bits per heavy atom. The van der Waals surface area contributed by atoms with Crippen LogP contribution < -0.4 is 10.6 Å². The minimum atomic E-state index is -0.211. The Labute approximate surface area is 125 Å². The van der Waals surface area contributed by atoms with Crippen LogP contribution in [0.3, 0.4) is 0 Å². The van der Waals surface area contributed by atoms with E-state index in [0.717, 1.165) is 31.2 Å². The van der Waals surface area contributed by atoms with Crippen LogP contribution in [0.4, 0.5) is 9.18 Å². The van der Waals surface area contributed by atoms with E-state index in [2.05, 4.69) is 10.6 Å². The molecule has 114 valence electrons. The van der Waals surface area contributed by atoms with Crippen molar-refractivity contribution in [3.05, 3.63) is 35.6 Å². The summed E-state index contributed by atoms with van der Waals surface area (Å²) in [5, 5.41) is 6.07. The lowest BCUT2D eigenvalue weighted by Gasteiger charge is -2.24. The molecule has 0 saturated heterocycles. The Hall–Kier alpha value is -1.58. The third kappa shape index (κ3) is 3.55. The highest BCUT2D eigenvalue weighted by Gasteiger charge is 2.44. The molecule has 3 nitrogen and oxygen atoms in total. The second-order valence-corrected chi connectivity index (χ2v) is 6.45. The maximum Gasteiger partial charge on any atom is 0.315 e. The number of nitrogens with one attached hydrogen (secondary N) is 2. The zero-order valence-corrected chi connectivity index (χ0v) is 12.3. The lowest BCUT2D eigenvalue weighted by atomic mass is 9.95. The molecule has 0 heterocycles. The van der Waals surface area contributed by atoms with E-state index in [0.29, 0.717) is 12.6 Å². The summed E-state index contributed by atoms with van der Waals surface area (Å²) in [7, 11) is 0. The first-order valence-corrected chi connectivity index (χ1v) is 7.98. The average Bonchev–Trinajstić information content (AvgIpc) is 3.28. The molecule has 21 heavy (non-hydrogen) atoms. The minimum Gasteiger partial charge on any atom is -0.337 e. The Kier molecular flexibility index (Phi) is 4.13. The van der Waals surface area contributed by atoms with Gasteiger partial charge in [-0.25, -0.2) is 9.18 Å². The molecule has 0 atom stereocenters. The molecule has 2 fully saturated rings. The molecule has 3 rings (SSSR count). The number of benzene rings is 1. The van der Waals surface area contributed by atoms with Crippen LogP contribution in [0.5, 0.6) is 0 Å². The highest BCUT2D eigenvalue weighted by atomic mass is 19.1. The molecule has 2 amide bonds. The predicted molar refractivity (Wildman–Crippen MR) is 80.7 cm³/mol. The molecule has 0 aliphatic heterocycles. The number of carbonyl (C=O) groups is 1. The van der Waals surface area contributed by atoms with Crippen molar-refractivity contribution in [2.24, 2.45) is 0 Å². The van der Waals surface area contributed by atoms with Gasteiger partial charge in [-0.2, -0.15) is 0 Å². The van der Waals surface area contributed by atoms with E-state index in [9.17, 15) is 9.18 Å². The van der Waals surface area contributed by atoms with Gasteiger partial charge < -0.3 is 10.6 Å². The zero-order chi connectivity index (χ0) is 14.7. The Balaban J connectivity index is 1.50. The largest absolute Gasteiger partial charge is 0.337 e. The highest BCUT2D eigenvalue weighted by Crippen LogP contribution is 2.47. The SMILES string of the molecule is O=C(NCC1(c2ccc(F)cc2)CC1)NC1CCCCC1. The maximum atomic E-state index is 13.0. The molecule has 2 aliphatic carbocycles. The Morgan fingerprint density at radius 2 is 1.81 bits per heavy atom. The van der Waals surface area contributed by atoms with Crippen molar-refractivity contribution in [3.63, 3.8) is 0 Å². The van der Waals surface area contributed by atoms with Crippen LogP contribution in [0.15, 0.2) is 24.3 Å². The fourth-order valence-corrected chi connectivity index (χ4v) is 3.25. The van der Waals surface area contributed by atoms with Crippen molar-refractivity contribution in [3.8, 4) is 0 Å². The van der Waals surface area contributed by atoms with Crippen LogP contribution in [0.1, 0.15) is 50.5 Å². The number of urea groups is 1. The van der Waals surface area contributed by atoms with Gasteiger partial charge in [0.2, 0.25) is 0 Å². The average molecular weight is 290 g/mol. The van der Waals surface area contributed by atoms with E-state index in [-0.39, 0.29) is 17.3 Å². The molecule has 2 saturated carbocycles. The number of carbonyl (C=O) groups excluding carboxylic acids is 1. The molecule has 1 aromatic rings. The van der Waals surface area contributed by atoms with Crippen LogP contribution >= 0.6 is 0 Å². The lowest BCUT2D eigenvalue weighted by Crippen LogP contribution is -2.45. The van der Waals surface area contributed by atoms with Gasteiger partial charge in [0.1, 0.15) is 5.82 Å². The van der Waals surface area contributed by atoms with E-state index < -0.39 is 0 Å². The summed E-state index contributed by atoms with van der Waals surface area (Å²) in [6, 6.07) is 6.94. The normalized spacial score (nSPS) is 20.8. The van der Waals surface area contributed by atoms with Crippen molar-refractivity contribution >= 4 is 6.03 Å². The monoisotopic (exact) mass is 290 g/mol. The molecule has 0 radical (unpaired) electrons. The van der Waals surface area contributed by atoms with Gasteiger partial charge in [0.15, 0.2) is 0 Å². The molecule has 1 aromatic carbocycles. The Bertz CT molecular complexity index is 490. The third-order valence-corrected chi connectivity index (χ3v) is 4.84. The van der Waals surface area contributed by atoms with Crippen LogP contribution in [-0.4, -0.2) is 18.6 Å². The van der Waals surface area contributed by atoms with E-state index in [1.54, 1.807) is 0 Å². The number of hydrogen-bond acceptors (Lipinski definition) is 1. The molecular weight excluding hydrogens is 267 g/mol. The van der Waals surface area contributed by atoms with E-state index >= 15 is 0 Å². The van der Waals surface area contributed by atoms with Crippen LogP contribution in [0.2, 0.25) is 0 Å². The van der Waals surface area contributed by atoms with Crippen LogP contribution in [0.25, 0.3) is 0 Å². The number of halogens is 1. The van der Waals surface area contributed by atoms with Gasteiger partial charge in [-0.3, -0.25) is 0 Å². The predicted octanol–water partition coefficient (Wildman–Crippen LogP) is 3.49. The van der Waals surface area contributed by atoms with E-state index in [1.807, 2.05) is 12.1 Å². The van der Waals surface area contributed by atoms with Crippen molar-refractivity contribution in [1.82, 2.24) is 10.6 Å². The summed E-state index contributed by atoms with van der Waals surface area (Å²) in [5.74, 6) is -0.211. The van der Waals surface area contributed by atoms with Gasteiger partial charge in [-0.1, -0.05) is 31.4 Å². The summed E-state index contributed by atoms with van der Waals surface area (Å²) in [6.07, 6.45) is 8.01. The fraction of sp³-hybridized carbons (Fsp3) is 0.588. The summed E-state index contributed by atoms with van der Waals surface area (Å²) >= 11 is 0. The number of hydrogen-bond donors (Lipinski definition) is 2. The number of rotatable bonds is 4. The summed E-state index contributed by atoms with van der Waals surface area (Å²) < 4.78 is 13.0.